The summed E-state index contributed by atoms with van der Waals surface area (Å²) in [5.41, 5.74) is 1.04. The Kier molecular flexibility index (Phi) is 4.55. The van der Waals surface area contributed by atoms with Gasteiger partial charge in [0.05, 0.1) is 0 Å². The first-order valence-electron chi connectivity index (χ1n) is 4.74. The highest BCUT2D eigenvalue weighted by atomic mass is 32.2. The molecule has 1 aromatic rings. The van der Waals surface area contributed by atoms with Crippen molar-refractivity contribution in [2.75, 3.05) is 6.26 Å². The van der Waals surface area contributed by atoms with Crippen LogP contribution in [0.15, 0.2) is 17.6 Å². The molecule has 0 bridgehead atoms. The minimum absolute atomic E-state index is 0.0100. The molecule has 82 valence electrons. The number of thioether (sulfide) groups is 1. The van der Waals surface area contributed by atoms with Crippen LogP contribution in [-0.2, 0) is 11.2 Å². The summed E-state index contributed by atoms with van der Waals surface area (Å²) in [7, 11) is 0. The van der Waals surface area contributed by atoms with Crippen LogP contribution in [0.4, 0.5) is 0 Å². The summed E-state index contributed by atoms with van der Waals surface area (Å²) < 4.78 is 0. The highest BCUT2D eigenvalue weighted by molar-refractivity contribution is 7.98. The van der Waals surface area contributed by atoms with Crippen LogP contribution in [0, 0.1) is 0 Å². The molecule has 0 fully saturated rings. The summed E-state index contributed by atoms with van der Waals surface area (Å²) in [4.78, 5) is 19.1. The molecule has 0 aromatic carbocycles. The second-order valence-electron chi connectivity index (χ2n) is 3.38. The van der Waals surface area contributed by atoms with Crippen molar-refractivity contribution in [2.45, 2.75) is 31.5 Å². The Morgan fingerprint density at radius 2 is 2.13 bits per heavy atom. The van der Waals surface area contributed by atoms with Gasteiger partial charge in [0, 0.05) is 25.4 Å². The van der Waals surface area contributed by atoms with Crippen molar-refractivity contribution in [2.24, 2.45) is 0 Å². The lowest BCUT2D eigenvalue weighted by Crippen LogP contribution is -2.32. The van der Waals surface area contributed by atoms with Gasteiger partial charge in [0.15, 0.2) is 5.16 Å². The number of carbonyl (C=O) groups excluding carboxylic acids is 1. The maximum atomic E-state index is 10.8. The van der Waals surface area contributed by atoms with Gasteiger partial charge in [0.2, 0.25) is 5.91 Å². The molecular weight excluding hydrogens is 210 g/mol. The number of nitrogens with one attached hydrogen (secondary N) is 1. The van der Waals surface area contributed by atoms with Gasteiger partial charge in [-0.3, -0.25) is 4.79 Å². The van der Waals surface area contributed by atoms with Gasteiger partial charge in [-0.05, 0) is 25.2 Å². The number of hydrogen-bond acceptors (Lipinski definition) is 4. The van der Waals surface area contributed by atoms with Gasteiger partial charge < -0.3 is 5.32 Å². The summed E-state index contributed by atoms with van der Waals surface area (Å²) in [6.45, 7) is 3.48. The largest absolute Gasteiger partial charge is 0.354 e. The fourth-order valence-electron chi connectivity index (χ4n) is 1.31. The number of rotatable bonds is 4. The van der Waals surface area contributed by atoms with Gasteiger partial charge in [0.25, 0.3) is 0 Å². The van der Waals surface area contributed by atoms with E-state index in [9.17, 15) is 4.79 Å². The van der Waals surface area contributed by atoms with E-state index in [0.717, 1.165) is 17.1 Å². The second kappa shape index (κ2) is 5.70. The summed E-state index contributed by atoms with van der Waals surface area (Å²) in [6.07, 6.45) is 6.30. The number of nitrogens with zero attached hydrogens (tertiary/aromatic N) is 2. The normalized spacial score (nSPS) is 12.2. The molecular formula is C10H15N3OS. The molecule has 0 radical (unpaired) electrons. The Morgan fingerprint density at radius 3 is 2.60 bits per heavy atom. The van der Waals surface area contributed by atoms with Crippen molar-refractivity contribution in [3.8, 4) is 0 Å². The third kappa shape index (κ3) is 4.29. The van der Waals surface area contributed by atoms with Gasteiger partial charge in [-0.1, -0.05) is 11.8 Å². The quantitative estimate of drug-likeness (QED) is 0.619. The van der Waals surface area contributed by atoms with E-state index >= 15 is 0 Å². The van der Waals surface area contributed by atoms with Gasteiger partial charge in [-0.2, -0.15) is 0 Å². The van der Waals surface area contributed by atoms with Crippen molar-refractivity contribution in [1.29, 1.82) is 0 Å². The Bertz CT molecular complexity index is 326. The van der Waals surface area contributed by atoms with Crippen LogP contribution in [-0.4, -0.2) is 28.2 Å². The third-order valence-electron chi connectivity index (χ3n) is 1.86. The predicted octanol–water partition coefficient (Wildman–Crippen LogP) is 1.27. The van der Waals surface area contributed by atoms with Crippen LogP contribution < -0.4 is 5.32 Å². The van der Waals surface area contributed by atoms with Gasteiger partial charge >= 0.3 is 0 Å². The van der Waals surface area contributed by atoms with Crippen molar-refractivity contribution < 1.29 is 4.79 Å². The lowest BCUT2D eigenvalue weighted by molar-refractivity contribution is -0.119. The van der Waals surface area contributed by atoms with E-state index in [4.69, 9.17) is 0 Å². The standard InChI is InChI=1S/C10H15N3OS/c1-7(13-8(2)14)4-9-5-11-10(15-3)12-6-9/h5-7H,4H2,1-3H3,(H,13,14). The smallest absolute Gasteiger partial charge is 0.217 e. The highest BCUT2D eigenvalue weighted by Crippen LogP contribution is 2.08. The number of hydrogen-bond donors (Lipinski definition) is 1. The fourth-order valence-corrected chi connectivity index (χ4v) is 1.62. The Morgan fingerprint density at radius 1 is 1.53 bits per heavy atom. The first-order chi connectivity index (χ1) is 7.11. The predicted molar refractivity (Wildman–Crippen MR) is 60.8 cm³/mol. The zero-order valence-corrected chi connectivity index (χ0v) is 9.97. The molecule has 1 amide bonds. The Hall–Kier alpha value is -1.10. The van der Waals surface area contributed by atoms with Crippen LogP contribution in [0.1, 0.15) is 19.4 Å². The van der Waals surface area contributed by atoms with E-state index in [1.165, 1.54) is 18.7 Å². The maximum absolute atomic E-state index is 10.8. The van der Waals surface area contributed by atoms with E-state index in [1.54, 1.807) is 12.4 Å². The third-order valence-corrected chi connectivity index (χ3v) is 2.43. The van der Waals surface area contributed by atoms with E-state index < -0.39 is 0 Å². The molecule has 1 N–H and O–H groups in total. The molecule has 1 rings (SSSR count). The number of carbonyl (C=O) groups is 1. The minimum atomic E-state index is -0.0100. The lowest BCUT2D eigenvalue weighted by atomic mass is 10.1. The van der Waals surface area contributed by atoms with Crippen LogP contribution >= 0.6 is 11.8 Å². The van der Waals surface area contributed by atoms with Crippen LogP contribution in [0.25, 0.3) is 0 Å². The molecule has 4 nitrogen and oxygen atoms in total. The summed E-state index contributed by atoms with van der Waals surface area (Å²) >= 11 is 1.52. The Labute approximate surface area is 93.9 Å². The topological polar surface area (TPSA) is 54.9 Å². The molecule has 1 heterocycles. The Balaban J connectivity index is 2.53. The average molecular weight is 225 g/mol. The minimum Gasteiger partial charge on any atom is -0.354 e. The average Bonchev–Trinajstić information content (AvgIpc) is 2.17. The molecule has 0 aliphatic carbocycles. The van der Waals surface area contributed by atoms with Crippen molar-refractivity contribution in [1.82, 2.24) is 15.3 Å². The van der Waals surface area contributed by atoms with E-state index in [0.29, 0.717) is 0 Å². The van der Waals surface area contributed by atoms with Crippen LogP contribution in [0.2, 0.25) is 0 Å². The molecule has 5 heteroatoms. The van der Waals surface area contributed by atoms with Gasteiger partial charge in [-0.25, -0.2) is 9.97 Å². The van der Waals surface area contributed by atoms with Crippen molar-refractivity contribution in [3.63, 3.8) is 0 Å². The second-order valence-corrected chi connectivity index (χ2v) is 4.16. The van der Waals surface area contributed by atoms with E-state index in [2.05, 4.69) is 15.3 Å². The van der Waals surface area contributed by atoms with Gasteiger partial charge in [0.1, 0.15) is 0 Å². The monoisotopic (exact) mass is 225 g/mol. The molecule has 15 heavy (non-hydrogen) atoms. The SMILES string of the molecule is CSc1ncc(CC(C)NC(C)=O)cn1. The van der Waals surface area contributed by atoms with E-state index in [1.807, 2.05) is 13.2 Å². The molecule has 1 atom stereocenters. The first kappa shape index (κ1) is 12.0. The molecule has 0 saturated carbocycles. The summed E-state index contributed by atoms with van der Waals surface area (Å²) in [5.74, 6) is -0.0100. The zero-order valence-electron chi connectivity index (χ0n) is 9.15. The van der Waals surface area contributed by atoms with Gasteiger partial charge in [-0.15, -0.1) is 0 Å². The molecule has 0 aliphatic rings. The number of aromatic nitrogens is 2. The molecule has 0 saturated heterocycles. The van der Waals surface area contributed by atoms with E-state index in [-0.39, 0.29) is 11.9 Å². The number of amides is 1. The van der Waals surface area contributed by atoms with Crippen LogP contribution in [0.3, 0.4) is 0 Å². The van der Waals surface area contributed by atoms with Crippen LogP contribution in [0.5, 0.6) is 0 Å². The first-order valence-corrected chi connectivity index (χ1v) is 5.96. The molecule has 0 aliphatic heterocycles. The maximum Gasteiger partial charge on any atom is 0.217 e. The summed E-state index contributed by atoms with van der Waals surface area (Å²) in [6, 6.07) is 0.117. The lowest BCUT2D eigenvalue weighted by Gasteiger charge is -2.11. The highest BCUT2D eigenvalue weighted by Gasteiger charge is 2.05. The summed E-state index contributed by atoms with van der Waals surface area (Å²) in [5, 5.41) is 3.59. The zero-order chi connectivity index (χ0) is 11.3. The van der Waals surface area contributed by atoms with Crippen molar-refractivity contribution >= 4 is 17.7 Å². The fraction of sp³-hybridized carbons (Fsp3) is 0.500. The molecule has 0 spiro atoms. The van der Waals surface area contributed by atoms with Crippen molar-refractivity contribution in [3.05, 3.63) is 18.0 Å². The molecule has 1 aromatic heterocycles. The molecule has 1 unspecified atom stereocenters.